The molecule has 1 rings (SSSR count). The molecule has 0 saturated heterocycles. The van der Waals surface area contributed by atoms with E-state index < -0.39 is 0 Å². The first kappa shape index (κ1) is 17.0. The number of nitrogens with zero attached hydrogens (tertiary/aromatic N) is 1. The number of hydrogen-bond donors (Lipinski definition) is 1. The van der Waals surface area contributed by atoms with Crippen molar-refractivity contribution in [1.82, 2.24) is 10.2 Å². The van der Waals surface area contributed by atoms with Gasteiger partial charge in [0.15, 0.2) is 11.5 Å². The summed E-state index contributed by atoms with van der Waals surface area (Å²) in [6.45, 7) is 1.35. The molecule has 20 heavy (non-hydrogen) atoms. The Bertz CT molecular complexity index is 464. The second-order valence-corrected chi connectivity index (χ2v) is 5.69. The summed E-state index contributed by atoms with van der Waals surface area (Å²) in [4.78, 5) is 13.0. The summed E-state index contributed by atoms with van der Waals surface area (Å²) in [5.41, 5.74) is 1.10. The number of rotatable bonds is 7. The van der Waals surface area contributed by atoms with Gasteiger partial charge in [-0.1, -0.05) is 0 Å². The van der Waals surface area contributed by atoms with Crippen LogP contribution in [-0.4, -0.2) is 45.7 Å². The third kappa shape index (κ3) is 4.82. The SMILES string of the molecule is COc1cc(CNCCC(=O)N(C)C)cc(I)c1OC. The first-order valence-electron chi connectivity index (χ1n) is 6.30. The highest BCUT2D eigenvalue weighted by Gasteiger charge is 2.10. The van der Waals surface area contributed by atoms with Crippen LogP contribution in [0.3, 0.4) is 0 Å². The van der Waals surface area contributed by atoms with Crippen LogP contribution in [0.25, 0.3) is 0 Å². The van der Waals surface area contributed by atoms with E-state index in [2.05, 4.69) is 27.9 Å². The van der Waals surface area contributed by atoms with Gasteiger partial charge in [0, 0.05) is 33.6 Å². The molecular formula is C14H21IN2O3. The van der Waals surface area contributed by atoms with E-state index in [1.807, 2.05) is 12.1 Å². The van der Waals surface area contributed by atoms with Crippen LogP contribution in [0.2, 0.25) is 0 Å². The third-order valence-electron chi connectivity index (χ3n) is 2.84. The van der Waals surface area contributed by atoms with Crippen LogP contribution in [0, 0.1) is 3.57 Å². The average Bonchev–Trinajstić information content (AvgIpc) is 2.42. The number of halogens is 1. The van der Waals surface area contributed by atoms with E-state index in [9.17, 15) is 4.79 Å². The number of benzene rings is 1. The van der Waals surface area contributed by atoms with Crippen molar-refractivity contribution in [2.45, 2.75) is 13.0 Å². The molecule has 0 aromatic heterocycles. The highest BCUT2D eigenvalue weighted by Crippen LogP contribution is 2.33. The Labute approximate surface area is 133 Å². The molecule has 0 fully saturated rings. The third-order valence-corrected chi connectivity index (χ3v) is 3.64. The highest BCUT2D eigenvalue weighted by molar-refractivity contribution is 14.1. The molecule has 0 radical (unpaired) electrons. The van der Waals surface area contributed by atoms with Gasteiger partial charge in [-0.25, -0.2) is 0 Å². The minimum atomic E-state index is 0.124. The molecule has 1 aromatic rings. The van der Waals surface area contributed by atoms with E-state index in [1.54, 1.807) is 33.2 Å². The number of methoxy groups -OCH3 is 2. The summed E-state index contributed by atoms with van der Waals surface area (Å²) in [5, 5.41) is 3.26. The number of carbonyl (C=O) groups excluding carboxylic acids is 1. The second kappa shape index (κ2) is 8.31. The largest absolute Gasteiger partial charge is 0.493 e. The second-order valence-electron chi connectivity index (χ2n) is 4.53. The lowest BCUT2D eigenvalue weighted by Crippen LogP contribution is -2.26. The van der Waals surface area contributed by atoms with Gasteiger partial charge >= 0.3 is 0 Å². The first-order valence-corrected chi connectivity index (χ1v) is 7.38. The Balaban J connectivity index is 2.57. The van der Waals surface area contributed by atoms with Crippen LogP contribution in [0.15, 0.2) is 12.1 Å². The van der Waals surface area contributed by atoms with Crippen LogP contribution in [0.4, 0.5) is 0 Å². The molecule has 1 aromatic carbocycles. The normalized spacial score (nSPS) is 10.2. The highest BCUT2D eigenvalue weighted by atomic mass is 127. The van der Waals surface area contributed by atoms with E-state index >= 15 is 0 Å². The molecule has 0 saturated carbocycles. The summed E-state index contributed by atoms with van der Waals surface area (Å²) in [6, 6.07) is 3.99. The topological polar surface area (TPSA) is 50.8 Å². The van der Waals surface area contributed by atoms with Crippen molar-refractivity contribution in [2.75, 3.05) is 34.9 Å². The lowest BCUT2D eigenvalue weighted by molar-refractivity contribution is -0.128. The van der Waals surface area contributed by atoms with Gasteiger partial charge in [0.05, 0.1) is 17.8 Å². The molecule has 0 aliphatic carbocycles. The molecule has 0 aliphatic heterocycles. The molecule has 0 atom stereocenters. The van der Waals surface area contributed by atoms with Crippen LogP contribution in [0.1, 0.15) is 12.0 Å². The Kier molecular flexibility index (Phi) is 7.08. The molecule has 112 valence electrons. The van der Waals surface area contributed by atoms with Crippen molar-refractivity contribution in [3.8, 4) is 11.5 Å². The maximum absolute atomic E-state index is 11.4. The van der Waals surface area contributed by atoms with Crippen molar-refractivity contribution < 1.29 is 14.3 Å². The fourth-order valence-electron chi connectivity index (χ4n) is 1.73. The van der Waals surface area contributed by atoms with E-state index in [-0.39, 0.29) is 5.91 Å². The number of amides is 1. The molecular weight excluding hydrogens is 371 g/mol. The van der Waals surface area contributed by atoms with E-state index in [0.717, 1.165) is 20.6 Å². The standard InChI is InChI=1S/C14H21IN2O3/c1-17(2)13(18)5-6-16-9-10-7-11(15)14(20-4)12(8-10)19-3/h7-8,16H,5-6,9H2,1-4H3. The average molecular weight is 392 g/mol. The number of ether oxygens (including phenoxy) is 2. The zero-order valence-electron chi connectivity index (χ0n) is 12.3. The van der Waals surface area contributed by atoms with Crippen molar-refractivity contribution in [3.05, 3.63) is 21.3 Å². The Morgan fingerprint density at radius 2 is 2.00 bits per heavy atom. The number of hydrogen-bond acceptors (Lipinski definition) is 4. The zero-order chi connectivity index (χ0) is 15.1. The Morgan fingerprint density at radius 3 is 2.55 bits per heavy atom. The van der Waals surface area contributed by atoms with Gasteiger partial charge in [-0.05, 0) is 40.3 Å². The number of nitrogens with one attached hydrogen (secondary N) is 1. The van der Waals surface area contributed by atoms with Gasteiger partial charge in [-0.15, -0.1) is 0 Å². The van der Waals surface area contributed by atoms with Crippen LogP contribution in [0.5, 0.6) is 11.5 Å². The summed E-state index contributed by atoms with van der Waals surface area (Å²) < 4.78 is 11.6. The van der Waals surface area contributed by atoms with E-state index in [0.29, 0.717) is 19.5 Å². The van der Waals surface area contributed by atoms with Crippen molar-refractivity contribution in [1.29, 1.82) is 0 Å². The smallest absolute Gasteiger partial charge is 0.223 e. The van der Waals surface area contributed by atoms with Crippen molar-refractivity contribution in [2.24, 2.45) is 0 Å². The summed E-state index contributed by atoms with van der Waals surface area (Å²) in [7, 11) is 6.78. The minimum absolute atomic E-state index is 0.124. The van der Waals surface area contributed by atoms with Gasteiger partial charge in [0.25, 0.3) is 0 Å². The van der Waals surface area contributed by atoms with E-state index in [4.69, 9.17) is 9.47 Å². The Morgan fingerprint density at radius 1 is 1.30 bits per heavy atom. The predicted molar refractivity (Wildman–Crippen MR) is 87.3 cm³/mol. The quantitative estimate of drug-likeness (QED) is 0.569. The van der Waals surface area contributed by atoms with Crippen molar-refractivity contribution >= 4 is 28.5 Å². The fourth-order valence-corrected chi connectivity index (χ4v) is 2.61. The molecule has 0 unspecified atom stereocenters. The first-order chi connectivity index (χ1) is 9.49. The molecule has 0 spiro atoms. The van der Waals surface area contributed by atoms with Crippen LogP contribution in [-0.2, 0) is 11.3 Å². The fraction of sp³-hybridized carbons (Fsp3) is 0.500. The minimum Gasteiger partial charge on any atom is -0.493 e. The van der Waals surface area contributed by atoms with Gasteiger partial charge in [-0.3, -0.25) is 4.79 Å². The maximum atomic E-state index is 11.4. The van der Waals surface area contributed by atoms with E-state index in [1.165, 1.54) is 0 Å². The lowest BCUT2D eigenvalue weighted by Gasteiger charge is -2.13. The molecule has 0 bridgehead atoms. The predicted octanol–water partition coefficient (Wildman–Crippen LogP) is 1.88. The summed E-state index contributed by atoms with van der Waals surface area (Å²) in [6.07, 6.45) is 0.497. The number of carbonyl (C=O) groups is 1. The molecule has 0 aliphatic rings. The summed E-state index contributed by atoms with van der Waals surface area (Å²) >= 11 is 2.22. The molecule has 1 amide bonds. The van der Waals surface area contributed by atoms with Gasteiger partial charge in [0.2, 0.25) is 5.91 Å². The molecule has 0 heterocycles. The Hall–Kier alpha value is -1.02. The van der Waals surface area contributed by atoms with Gasteiger partial charge < -0.3 is 19.7 Å². The van der Waals surface area contributed by atoms with Gasteiger partial charge in [-0.2, -0.15) is 0 Å². The molecule has 6 heteroatoms. The monoisotopic (exact) mass is 392 g/mol. The molecule has 1 N–H and O–H groups in total. The van der Waals surface area contributed by atoms with Crippen LogP contribution >= 0.6 is 22.6 Å². The van der Waals surface area contributed by atoms with Crippen LogP contribution < -0.4 is 14.8 Å². The molecule has 5 nitrogen and oxygen atoms in total. The lowest BCUT2D eigenvalue weighted by atomic mass is 10.2. The maximum Gasteiger partial charge on any atom is 0.223 e. The summed E-state index contributed by atoms with van der Waals surface area (Å²) in [5.74, 6) is 1.60. The zero-order valence-corrected chi connectivity index (χ0v) is 14.5. The van der Waals surface area contributed by atoms with Crippen molar-refractivity contribution in [3.63, 3.8) is 0 Å². The van der Waals surface area contributed by atoms with Gasteiger partial charge in [0.1, 0.15) is 0 Å².